The average molecular weight is 649 g/mol. The molecule has 1 saturated carbocycles. The van der Waals surface area contributed by atoms with E-state index in [9.17, 15) is 14.4 Å². The van der Waals surface area contributed by atoms with Gasteiger partial charge in [-0.15, -0.1) is 0 Å². The van der Waals surface area contributed by atoms with Gasteiger partial charge in [0.1, 0.15) is 5.78 Å². The van der Waals surface area contributed by atoms with Crippen LogP contribution in [0.4, 0.5) is 0 Å². The van der Waals surface area contributed by atoms with Crippen LogP contribution in [0.1, 0.15) is 172 Å². The van der Waals surface area contributed by atoms with Gasteiger partial charge >= 0.3 is 0 Å². The van der Waals surface area contributed by atoms with Crippen molar-refractivity contribution in [3.8, 4) is 0 Å². The molecule has 0 spiro atoms. The Morgan fingerprint density at radius 2 is 0.596 bits per heavy atom. The second kappa shape index (κ2) is 32.6. The summed E-state index contributed by atoms with van der Waals surface area (Å²) in [4.78, 5) is 32.8. The van der Waals surface area contributed by atoms with Crippen LogP contribution < -0.4 is 0 Å². The van der Waals surface area contributed by atoms with Crippen molar-refractivity contribution < 1.29 is 14.4 Å². The van der Waals surface area contributed by atoms with Crippen molar-refractivity contribution in [2.24, 2.45) is 0 Å². The van der Waals surface area contributed by atoms with Crippen molar-refractivity contribution in [1.29, 1.82) is 0 Å². The van der Waals surface area contributed by atoms with Crippen molar-refractivity contribution in [1.82, 2.24) is 0 Å². The number of carbonyl (C=O) groups excluding carboxylic acids is 3. The minimum Gasteiger partial charge on any atom is -0.300 e. The SMILES string of the molecule is C.C.C.CC.CC.CC.CC.O=C1CCC(=O)c2ccccc21.O=C1CCCC1.c1ccc2c(c1)CCC2.c1ccc2c(c1)CCC2. The quantitative estimate of drug-likeness (QED) is 0.244. The van der Waals surface area contributed by atoms with E-state index in [2.05, 4.69) is 48.5 Å². The molecule has 3 aromatic rings. The van der Waals surface area contributed by atoms with Crippen LogP contribution in [0.25, 0.3) is 0 Å². The number of Topliss-reactive ketones (excluding diaryl/α,β-unsaturated/α-hetero) is 3. The molecule has 266 valence electrons. The molecule has 0 atom stereocenters. The number of hydrogen-bond donors (Lipinski definition) is 0. The van der Waals surface area contributed by atoms with Crippen LogP contribution >= 0.6 is 0 Å². The summed E-state index contributed by atoms with van der Waals surface area (Å²) < 4.78 is 0. The molecule has 4 aliphatic carbocycles. The van der Waals surface area contributed by atoms with Gasteiger partial charge in [0.05, 0.1) is 0 Å². The highest BCUT2D eigenvalue weighted by molar-refractivity contribution is 6.13. The van der Waals surface area contributed by atoms with Crippen LogP contribution in [-0.2, 0) is 30.5 Å². The van der Waals surface area contributed by atoms with Crippen LogP contribution in [0.3, 0.4) is 0 Å². The highest BCUT2D eigenvalue weighted by atomic mass is 16.1. The summed E-state index contributed by atoms with van der Waals surface area (Å²) in [5.74, 6) is 0.630. The lowest BCUT2D eigenvalue weighted by atomic mass is 9.90. The Morgan fingerprint density at radius 1 is 0.340 bits per heavy atom. The van der Waals surface area contributed by atoms with Gasteiger partial charge < -0.3 is 0 Å². The summed E-state index contributed by atoms with van der Waals surface area (Å²) >= 11 is 0. The second-order valence-electron chi connectivity index (χ2n) is 9.88. The zero-order valence-electron chi connectivity index (χ0n) is 29.1. The lowest BCUT2D eigenvalue weighted by Gasteiger charge is -2.11. The summed E-state index contributed by atoms with van der Waals surface area (Å²) in [5, 5.41) is 0. The standard InChI is InChI=1S/C10H8O2.2C9H10.C5H8O.4C2H6.3CH4/c11-9-5-6-10(12)8-4-2-1-3-7(8)9;2*1-2-5-9-7-3-6-8(9)4-1;6-5-3-1-2-4-5;4*1-2;;;/h1-4H,5-6H2;2*1-2,4-5H,3,6-7H2;1-4H2;4*1-2H3;3*1H4. The average Bonchev–Trinajstić information content (AvgIpc) is 3.90. The predicted octanol–water partition coefficient (Wildman–Crippen LogP) is 13.3. The van der Waals surface area contributed by atoms with E-state index in [-0.39, 0.29) is 33.8 Å². The molecule has 0 N–H and O–H groups in total. The third-order valence-electron chi connectivity index (χ3n) is 7.29. The van der Waals surface area contributed by atoms with Crippen LogP contribution in [0.2, 0.25) is 0 Å². The van der Waals surface area contributed by atoms with Gasteiger partial charge in [0.2, 0.25) is 0 Å². The number of benzene rings is 3. The zero-order chi connectivity index (χ0) is 33.2. The molecule has 1 fully saturated rings. The van der Waals surface area contributed by atoms with E-state index < -0.39 is 0 Å². The van der Waals surface area contributed by atoms with E-state index in [0.717, 1.165) is 25.7 Å². The van der Waals surface area contributed by atoms with Gasteiger partial charge in [0.15, 0.2) is 11.6 Å². The first-order valence-corrected chi connectivity index (χ1v) is 17.4. The maximum Gasteiger partial charge on any atom is 0.164 e. The summed E-state index contributed by atoms with van der Waals surface area (Å²) in [6, 6.07) is 24.5. The maximum atomic E-state index is 11.3. The summed E-state index contributed by atoms with van der Waals surface area (Å²) in [7, 11) is 0. The van der Waals surface area contributed by atoms with Crippen molar-refractivity contribution in [2.45, 2.75) is 155 Å². The summed E-state index contributed by atoms with van der Waals surface area (Å²) in [5.41, 5.74) is 7.45. The number of carbonyl (C=O) groups is 3. The summed E-state index contributed by atoms with van der Waals surface area (Å²) in [6.07, 6.45) is 12.6. The number of ketones is 3. The first-order chi connectivity index (χ1) is 21.6. The Hall–Kier alpha value is -3.33. The number of fused-ring (bicyclic) bond motifs is 3. The van der Waals surface area contributed by atoms with Crippen LogP contribution in [0, 0.1) is 0 Å². The van der Waals surface area contributed by atoms with Crippen molar-refractivity contribution in [2.75, 3.05) is 0 Å². The van der Waals surface area contributed by atoms with Gasteiger partial charge in [0, 0.05) is 36.8 Å². The second-order valence-corrected chi connectivity index (χ2v) is 9.88. The van der Waals surface area contributed by atoms with Gasteiger partial charge in [-0.1, -0.05) is 150 Å². The van der Waals surface area contributed by atoms with Crippen molar-refractivity contribution in [3.63, 3.8) is 0 Å². The van der Waals surface area contributed by atoms with Crippen LogP contribution in [-0.4, -0.2) is 17.3 Å². The van der Waals surface area contributed by atoms with E-state index >= 15 is 0 Å². The van der Waals surface area contributed by atoms with Crippen molar-refractivity contribution in [3.05, 3.63) is 106 Å². The Balaban J connectivity index is -0.000000244. The van der Waals surface area contributed by atoms with E-state index in [1.807, 2.05) is 55.4 Å². The molecule has 47 heavy (non-hydrogen) atoms. The van der Waals surface area contributed by atoms with E-state index in [1.54, 1.807) is 46.5 Å². The highest BCUT2D eigenvalue weighted by Gasteiger charge is 2.22. The number of aryl methyl sites for hydroxylation is 4. The molecule has 0 heterocycles. The van der Waals surface area contributed by atoms with Crippen LogP contribution in [0.5, 0.6) is 0 Å². The molecular weight excluding hydrogens is 576 g/mol. The highest BCUT2D eigenvalue weighted by Crippen LogP contribution is 2.22. The topological polar surface area (TPSA) is 51.2 Å². The molecular formula is C44H72O3. The first kappa shape index (κ1) is 50.5. The number of rotatable bonds is 0. The predicted molar refractivity (Wildman–Crippen MR) is 210 cm³/mol. The maximum absolute atomic E-state index is 11.3. The molecule has 0 amide bonds. The molecule has 3 aromatic carbocycles. The Labute approximate surface area is 292 Å². The van der Waals surface area contributed by atoms with E-state index in [0.29, 0.717) is 29.8 Å². The van der Waals surface area contributed by atoms with Crippen LogP contribution in [0.15, 0.2) is 72.8 Å². The first-order valence-electron chi connectivity index (χ1n) is 17.4. The normalized spacial score (nSPS) is 13.4. The van der Waals surface area contributed by atoms with Gasteiger partial charge in [0.25, 0.3) is 0 Å². The third kappa shape index (κ3) is 18.6. The van der Waals surface area contributed by atoms with Crippen molar-refractivity contribution >= 4 is 17.3 Å². The minimum atomic E-state index is 0. The zero-order valence-corrected chi connectivity index (χ0v) is 29.1. The fourth-order valence-electron chi connectivity index (χ4n) is 5.26. The molecule has 4 aliphatic rings. The minimum absolute atomic E-state index is 0. The fourth-order valence-corrected chi connectivity index (χ4v) is 5.26. The molecule has 0 saturated heterocycles. The smallest absolute Gasteiger partial charge is 0.164 e. The van der Waals surface area contributed by atoms with E-state index in [1.165, 1.54) is 38.5 Å². The third-order valence-corrected chi connectivity index (χ3v) is 7.29. The molecule has 0 radical (unpaired) electrons. The molecule has 7 rings (SSSR count). The Bertz CT molecular complexity index is 1070. The van der Waals surface area contributed by atoms with E-state index in [4.69, 9.17) is 0 Å². The molecule has 0 unspecified atom stereocenters. The largest absolute Gasteiger partial charge is 0.300 e. The monoisotopic (exact) mass is 649 g/mol. The molecule has 0 bridgehead atoms. The molecule has 0 aromatic heterocycles. The number of hydrogen-bond acceptors (Lipinski definition) is 3. The Kier molecular flexibility index (Phi) is 35.0. The summed E-state index contributed by atoms with van der Waals surface area (Å²) in [6.45, 7) is 16.0. The Morgan fingerprint density at radius 3 is 0.830 bits per heavy atom. The lowest BCUT2D eigenvalue weighted by Crippen LogP contribution is -2.16. The van der Waals surface area contributed by atoms with Gasteiger partial charge in [-0.3, -0.25) is 14.4 Å². The molecule has 3 nitrogen and oxygen atoms in total. The van der Waals surface area contributed by atoms with Gasteiger partial charge in [-0.25, -0.2) is 0 Å². The molecule has 0 aliphatic heterocycles. The van der Waals surface area contributed by atoms with Gasteiger partial charge in [-0.05, 0) is 73.6 Å². The molecule has 3 heteroatoms. The fraction of sp³-hybridized carbons (Fsp3) is 0.523. The van der Waals surface area contributed by atoms with Gasteiger partial charge in [-0.2, -0.15) is 0 Å². The lowest BCUT2D eigenvalue weighted by molar-refractivity contribution is -0.117.